The molecule has 1 aliphatic heterocycles. The van der Waals surface area contributed by atoms with E-state index < -0.39 is 6.04 Å². The molecule has 3 amide bonds. The van der Waals surface area contributed by atoms with Gasteiger partial charge < -0.3 is 15.1 Å². The van der Waals surface area contributed by atoms with E-state index in [-0.39, 0.29) is 17.7 Å². The molecule has 0 saturated carbocycles. The van der Waals surface area contributed by atoms with Crippen LogP contribution in [-0.2, 0) is 14.4 Å². The van der Waals surface area contributed by atoms with Crippen molar-refractivity contribution >= 4 is 23.8 Å². The summed E-state index contributed by atoms with van der Waals surface area (Å²) >= 11 is 0. The molecule has 24 heavy (non-hydrogen) atoms. The predicted octanol–water partition coefficient (Wildman–Crippen LogP) is 0.895. The molecule has 1 unspecified atom stereocenters. The highest BCUT2D eigenvalue weighted by atomic mass is 16.2. The summed E-state index contributed by atoms with van der Waals surface area (Å²) in [7, 11) is 0. The third-order valence-corrected chi connectivity index (χ3v) is 3.99. The van der Waals surface area contributed by atoms with E-state index in [0.29, 0.717) is 26.2 Å². The van der Waals surface area contributed by atoms with Crippen molar-refractivity contribution in [1.29, 1.82) is 0 Å². The SMILES string of the molecule is CC(=O)N1CCN(C(=O)C(C)NC(=O)/C=C/c2ccccc2)CC1. The van der Waals surface area contributed by atoms with Gasteiger partial charge in [0.25, 0.3) is 0 Å². The average Bonchev–Trinajstić information content (AvgIpc) is 2.60. The summed E-state index contributed by atoms with van der Waals surface area (Å²) in [6.45, 7) is 5.27. The molecule has 0 spiro atoms. The molecule has 6 heteroatoms. The van der Waals surface area contributed by atoms with Crippen LogP contribution in [0.1, 0.15) is 19.4 Å². The molecule has 0 aromatic heterocycles. The zero-order chi connectivity index (χ0) is 17.5. The summed E-state index contributed by atoms with van der Waals surface area (Å²) in [5.41, 5.74) is 0.923. The molecule has 0 aliphatic carbocycles. The van der Waals surface area contributed by atoms with Crippen molar-refractivity contribution in [2.75, 3.05) is 26.2 Å². The zero-order valence-corrected chi connectivity index (χ0v) is 14.1. The summed E-state index contributed by atoms with van der Waals surface area (Å²) in [5, 5.41) is 2.68. The fraction of sp³-hybridized carbons (Fsp3) is 0.389. The van der Waals surface area contributed by atoms with E-state index >= 15 is 0 Å². The molecule has 1 aromatic rings. The molecule has 0 bridgehead atoms. The number of rotatable bonds is 4. The van der Waals surface area contributed by atoms with Crippen LogP contribution in [0.15, 0.2) is 36.4 Å². The van der Waals surface area contributed by atoms with Gasteiger partial charge in [0.15, 0.2) is 0 Å². The van der Waals surface area contributed by atoms with Crippen molar-refractivity contribution in [3.63, 3.8) is 0 Å². The topological polar surface area (TPSA) is 69.7 Å². The van der Waals surface area contributed by atoms with Crippen molar-refractivity contribution in [3.05, 3.63) is 42.0 Å². The molecule has 1 fully saturated rings. The quantitative estimate of drug-likeness (QED) is 0.834. The van der Waals surface area contributed by atoms with Gasteiger partial charge in [-0.2, -0.15) is 0 Å². The summed E-state index contributed by atoms with van der Waals surface area (Å²) in [6, 6.07) is 8.89. The number of carbonyl (C=O) groups excluding carboxylic acids is 3. The minimum atomic E-state index is -0.596. The second kappa shape index (κ2) is 8.29. The van der Waals surface area contributed by atoms with Gasteiger partial charge in [-0.1, -0.05) is 30.3 Å². The Labute approximate surface area is 142 Å². The Kier molecular flexibility index (Phi) is 6.12. The Balaban J connectivity index is 1.82. The van der Waals surface area contributed by atoms with Crippen LogP contribution in [0.5, 0.6) is 0 Å². The Hall–Kier alpha value is -2.63. The van der Waals surface area contributed by atoms with E-state index in [0.717, 1.165) is 5.56 Å². The molecular weight excluding hydrogens is 306 g/mol. The van der Waals surface area contributed by atoms with E-state index in [9.17, 15) is 14.4 Å². The molecule has 6 nitrogen and oxygen atoms in total. The minimum absolute atomic E-state index is 0.0227. The van der Waals surface area contributed by atoms with Gasteiger partial charge in [0.2, 0.25) is 17.7 Å². The first-order chi connectivity index (χ1) is 11.5. The van der Waals surface area contributed by atoms with Gasteiger partial charge in [-0.3, -0.25) is 14.4 Å². The number of hydrogen-bond acceptors (Lipinski definition) is 3. The lowest BCUT2D eigenvalue weighted by Crippen LogP contribution is -2.54. The predicted molar refractivity (Wildman–Crippen MR) is 91.9 cm³/mol. The number of amides is 3. The van der Waals surface area contributed by atoms with E-state index in [1.54, 1.807) is 22.8 Å². The highest BCUT2D eigenvalue weighted by Gasteiger charge is 2.26. The number of nitrogens with zero attached hydrogens (tertiary/aromatic N) is 2. The minimum Gasteiger partial charge on any atom is -0.341 e. The fourth-order valence-electron chi connectivity index (χ4n) is 2.57. The van der Waals surface area contributed by atoms with E-state index in [1.165, 1.54) is 13.0 Å². The third kappa shape index (κ3) is 4.94. The highest BCUT2D eigenvalue weighted by Crippen LogP contribution is 2.05. The van der Waals surface area contributed by atoms with Crippen LogP contribution < -0.4 is 5.32 Å². The van der Waals surface area contributed by atoms with E-state index in [1.807, 2.05) is 30.3 Å². The number of piperazine rings is 1. The molecule has 1 N–H and O–H groups in total. The van der Waals surface area contributed by atoms with Gasteiger partial charge in [-0.15, -0.1) is 0 Å². The van der Waals surface area contributed by atoms with Crippen molar-refractivity contribution in [2.45, 2.75) is 19.9 Å². The number of nitrogens with one attached hydrogen (secondary N) is 1. The van der Waals surface area contributed by atoms with Crippen LogP contribution >= 0.6 is 0 Å². The van der Waals surface area contributed by atoms with Crippen LogP contribution in [0.2, 0.25) is 0 Å². The van der Waals surface area contributed by atoms with Gasteiger partial charge in [0, 0.05) is 39.2 Å². The van der Waals surface area contributed by atoms with Gasteiger partial charge in [-0.05, 0) is 18.6 Å². The number of benzene rings is 1. The van der Waals surface area contributed by atoms with Crippen LogP contribution in [0, 0.1) is 0 Å². The maximum Gasteiger partial charge on any atom is 0.244 e. The standard InChI is InChI=1S/C18H23N3O3/c1-14(18(24)21-12-10-20(11-13-21)15(2)22)19-17(23)9-8-16-6-4-3-5-7-16/h3-9,14H,10-13H2,1-2H3,(H,19,23)/b9-8+. The largest absolute Gasteiger partial charge is 0.341 e. The smallest absolute Gasteiger partial charge is 0.244 e. The van der Waals surface area contributed by atoms with Crippen molar-refractivity contribution < 1.29 is 14.4 Å². The molecule has 1 heterocycles. The molecule has 0 radical (unpaired) electrons. The second-order valence-electron chi connectivity index (χ2n) is 5.81. The Bertz CT molecular complexity index is 620. The number of carbonyl (C=O) groups is 3. The Morgan fingerprint density at radius 2 is 1.62 bits per heavy atom. The summed E-state index contributed by atoms with van der Waals surface area (Å²) in [6.07, 6.45) is 3.13. The first-order valence-corrected chi connectivity index (χ1v) is 8.05. The van der Waals surface area contributed by atoms with Gasteiger partial charge >= 0.3 is 0 Å². The molecule has 1 atom stereocenters. The first kappa shape index (κ1) is 17.7. The molecule has 128 valence electrons. The first-order valence-electron chi connectivity index (χ1n) is 8.05. The van der Waals surface area contributed by atoms with Crippen LogP contribution in [-0.4, -0.2) is 59.7 Å². The third-order valence-electron chi connectivity index (χ3n) is 3.99. The molecule has 2 rings (SSSR count). The fourth-order valence-corrected chi connectivity index (χ4v) is 2.57. The lowest BCUT2D eigenvalue weighted by Gasteiger charge is -2.35. The van der Waals surface area contributed by atoms with Crippen molar-refractivity contribution in [2.24, 2.45) is 0 Å². The summed E-state index contributed by atoms with van der Waals surface area (Å²) in [5.74, 6) is -0.406. The number of hydrogen-bond donors (Lipinski definition) is 1. The summed E-state index contributed by atoms with van der Waals surface area (Å²) in [4.78, 5) is 39.0. The normalized spacial score (nSPS) is 16.1. The van der Waals surface area contributed by atoms with Gasteiger partial charge in [0.05, 0.1) is 0 Å². The zero-order valence-electron chi connectivity index (χ0n) is 14.1. The van der Waals surface area contributed by atoms with Crippen LogP contribution in [0.25, 0.3) is 6.08 Å². The van der Waals surface area contributed by atoms with E-state index in [2.05, 4.69) is 5.32 Å². The van der Waals surface area contributed by atoms with E-state index in [4.69, 9.17) is 0 Å². The lowest BCUT2D eigenvalue weighted by molar-refractivity contribution is -0.140. The Morgan fingerprint density at radius 3 is 2.21 bits per heavy atom. The van der Waals surface area contributed by atoms with Crippen LogP contribution in [0.4, 0.5) is 0 Å². The lowest BCUT2D eigenvalue weighted by atomic mass is 10.2. The average molecular weight is 329 g/mol. The van der Waals surface area contributed by atoms with Gasteiger partial charge in [-0.25, -0.2) is 0 Å². The molecule has 1 aromatic carbocycles. The monoisotopic (exact) mass is 329 g/mol. The Morgan fingerprint density at radius 1 is 1.04 bits per heavy atom. The second-order valence-corrected chi connectivity index (χ2v) is 5.81. The van der Waals surface area contributed by atoms with Crippen LogP contribution in [0.3, 0.4) is 0 Å². The van der Waals surface area contributed by atoms with Crippen molar-refractivity contribution in [3.8, 4) is 0 Å². The molecular formula is C18H23N3O3. The maximum atomic E-state index is 12.4. The maximum absolute atomic E-state index is 12.4. The van der Waals surface area contributed by atoms with Gasteiger partial charge in [0.1, 0.15) is 6.04 Å². The van der Waals surface area contributed by atoms with Crippen molar-refractivity contribution in [1.82, 2.24) is 15.1 Å². The molecule has 1 saturated heterocycles. The molecule has 1 aliphatic rings. The highest BCUT2D eigenvalue weighted by molar-refractivity contribution is 5.95. The summed E-state index contributed by atoms with van der Waals surface area (Å²) < 4.78 is 0.